The van der Waals surface area contributed by atoms with Crippen LogP contribution in [0.5, 0.6) is 0 Å². The number of benzene rings is 2. The molecule has 1 aromatic heterocycles. The molecule has 0 amide bonds. The minimum absolute atomic E-state index is 0.0604. The lowest BCUT2D eigenvalue weighted by atomic mass is 10.1. The third-order valence-corrected chi connectivity index (χ3v) is 3.79. The van der Waals surface area contributed by atoms with Gasteiger partial charge in [-0.25, -0.2) is 14.4 Å². The third kappa shape index (κ3) is 3.70. The second-order valence-corrected chi connectivity index (χ2v) is 5.53. The minimum Gasteiger partial charge on any atom is -0.352 e. The second-order valence-electron chi connectivity index (χ2n) is 5.53. The summed E-state index contributed by atoms with van der Waals surface area (Å²) in [6.45, 7) is 2.58. The number of nitrogens with zero attached hydrogens (tertiary/aromatic N) is 3. The van der Waals surface area contributed by atoms with Crippen LogP contribution in [-0.4, -0.2) is 16.5 Å². The van der Waals surface area contributed by atoms with Crippen molar-refractivity contribution < 1.29 is 17.6 Å². The molecule has 2 aromatic carbocycles. The first-order valence-electron chi connectivity index (χ1n) is 7.72. The maximum atomic E-state index is 13.6. The Balaban J connectivity index is 2.15. The molecule has 0 atom stereocenters. The fourth-order valence-electron chi connectivity index (χ4n) is 2.59. The lowest BCUT2D eigenvalue weighted by Gasteiger charge is -2.24. The highest BCUT2D eigenvalue weighted by Gasteiger charge is 2.36. The molecule has 0 saturated heterocycles. The monoisotopic (exact) mass is 349 g/mol. The summed E-state index contributed by atoms with van der Waals surface area (Å²) >= 11 is 0. The molecule has 130 valence electrons. The van der Waals surface area contributed by atoms with Gasteiger partial charge < -0.3 is 4.90 Å². The molecule has 0 spiro atoms. The second kappa shape index (κ2) is 6.66. The molecule has 0 saturated carbocycles. The lowest BCUT2D eigenvalue weighted by molar-refractivity contribution is -0.144. The molecule has 1 heterocycles. The maximum absolute atomic E-state index is 13.6. The van der Waals surface area contributed by atoms with Gasteiger partial charge in [-0.05, 0) is 30.7 Å². The first-order valence-corrected chi connectivity index (χ1v) is 7.72. The van der Waals surface area contributed by atoms with Crippen LogP contribution in [0.4, 0.5) is 23.4 Å². The maximum Gasteiger partial charge on any atom is 0.451 e. The van der Waals surface area contributed by atoms with E-state index in [9.17, 15) is 17.6 Å². The number of hydrogen-bond donors (Lipinski definition) is 0. The van der Waals surface area contributed by atoms with Crippen LogP contribution < -0.4 is 4.90 Å². The summed E-state index contributed by atoms with van der Waals surface area (Å²) in [5, 5.41) is 0.255. The smallest absolute Gasteiger partial charge is 0.352 e. The van der Waals surface area contributed by atoms with Crippen LogP contribution in [0.15, 0.2) is 48.5 Å². The Morgan fingerprint density at radius 1 is 1.00 bits per heavy atom. The number of fused-ring (bicyclic) bond motifs is 1. The van der Waals surface area contributed by atoms with Gasteiger partial charge in [0.15, 0.2) is 0 Å². The number of hydrogen-bond acceptors (Lipinski definition) is 3. The van der Waals surface area contributed by atoms with Gasteiger partial charge in [0.05, 0.1) is 5.52 Å². The SMILES string of the molecule is CCN(Cc1ccccc1)c1nc(C(F)(F)F)nc2ccc(F)cc12. The van der Waals surface area contributed by atoms with Crippen LogP contribution in [0.1, 0.15) is 18.3 Å². The van der Waals surface area contributed by atoms with E-state index in [-0.39, 0.29) is 16.7 Å². The normalized spacial score (nSPS) is 11.7. The highest BCUT2D eigenvalue weighted by atomic mass is 19.4. The predicted octanol–water partition coefficient (Wildman–Crippen LogP) is 4.81. The van der Waals surface area contributed by atoms with Gasteiger partial charge in [-0.2, -0.15) is 13.2 Å². The van der Waals surface area contributed by atoms with Crippen LogP contribution in [0.25, 0.3) is 10.9 Å². The molecular weight excluding hydrogens is 334 g/mol. The molecule has 0 radical (unpaired) electrons. The molecule has 3 rings (SSSR count). The van der Waals surface area contributed by atoms with Crippen LogP contribution in [-0.2, 0) is 12.7 Å². The fourth-order valence-corrected chi connectivity index (χ4v) is 2.59. The molecule has 0 aliphatic rings. The molecule has 0 aliphatic heterocycles. The number of anilines is 1. The molecule has 7 heteroatoms. The minimum atomic E-state index is -4.68. The van der Waals surface area contributed by atoms with Crippen molar-refractivity contribution in [3.8, 4) is 0 Å². The molecule has 0 N–H and O–H groups in total. The third-order valence-electron chi connectivity index (χ3n) is 3.79. The summed E-state index contributed by atoms with van der Waals surface area (Å²) in [6.07, 6.45) is -4.68. The highest BCUT2D eigenvalue weighted by Crippen LogP contribution is 2.32. The molecule has 0 aliphatic carbocycles. The highest BCUT2D eigenvalue weighted by molar-refractivity contribution is 5.89. The van der Waals surface area contributed by atoms with Gasteiger partial charge in [0.1, 0.15) is 11.6 Å². The number of aromatic nitrogens is 2. The molecule has 0 unspecified atom stereocenters. The Bertz CT molecular complexity index is 879. The Morgan fingerprint density at radius 3 is 2.36 bits per heavy atom. The molecular formula is C18H15F4N3. The summed E-state index contributed by atoms with van der Waals surface area (Å²) in [5.74, 6) is -1.70. The van der Waals surface area contributed by atoms with E-state index in [1.54, 1.807) is 4.90 Å². The van der Waals surface area contributed by atoms with E-state index < -0.39 is 17.8 Å². The van der Waals surface area contributed by atoms with Crippen molar-refractivity contribution in [3.05, 3.63) is 65.7 Å². The number of alkyl halides is 3. The Kier molecular flexibility index (Phi) is 4.57. The number of halogens is 4. The van der Waals surface area contributed by atoms with E-state index in [0.29, 0.717) is 13.1 Å². The molecule has 0 bridgehead atoms. The van der Waals surface area contributed by atoms with Gasteiger partial charge in [0.25, 0.3) is 0 Å². The summed E-state index contributed by atoms with van der Waals surface area (Å²) in [6, 6.07) is 12.8. The van der Waals surface area contributed by atoms with Crippen LogP contribution in [0.3, 0.4) is 0 Å². The van der Waals surface area contributed by atoms with Crippen LogP contribution >= 0.6 is 0 Å². The van der Waals surface area contributed by atoms with Gasteiger partial charge in [0, 0.05) is 18.5 Å². The van der Waals surface area contributed by atoms with Crippen LogP contribution in [0, 0.1) is 5.82 Å². The van der Waals surface area contributed by atoms with Gasteiger partial charge in [-0.15, -0.1) is 0 Å². The van der Waals surface area contributed by atoms with E-state index in [0.717, 1.165) is 11.6 Å². The molecule has 3 aromatic rings. The van der Waals surface area contributed by atoms with E-state index >= 15 is 0 Å². The van der Waals surface area contributed by atoms with E-state index in [2.05, 4.69) is 9.97 Å². The van der Waals surface area contributed by atoms with Gasteiger partial charge in [-0.3, -0.25) is 0 Å². The van der Waals surface area contributed by atoms with E-state index in [4.69, 9.17) is 0 Å². The summed E-state index contributed by atoms with van der Waals surface area (Å²) in [5.41, 5.74) is 0.978. The van der Waals surface area contributed by atoms with Crippen LogP contribution in [0.2, 0.25) is 0 Å². The summed E-state index contributed by atoms with van der Waals surface area (Å²) in [4.78, 5) is 8.92. The van der Waals surface area contributed by atoms with Gasteiger partial charge in [0.2, 0.25) is 5.82 Å². The average Bonchev–Trinajstić information content (AvgIpc) is 2.59. The van der Waals surface area contributed by atoms with Gasteiger partial charge >= 0.3 is 6.18 Å². The zero-order valence-corrected chi connectivity index (χ0v) is 13.4. The van der Waals surface area contributed by atoms with Crippen molar-refractivity contribution in [2.24, 2.45) is 0 Å². The lowest BCUT2D eigenvalue weighted by Crippen LogP contribution is -2.25. The average molecular weight is 349 g/mol. The Labute approximate surface area is 141 Å². The van der Waals surface area contributed by atoms with Crippen molar-refractivity contribution in [2.45, 2.75) is 19.6 Å². The first kappa shape index (κ1) is 17.1. The largest absolute Gasteiger partial charge is 0.451 e. The van der Waals surface area contributed by atoms with Crippen molar-refractivity contribution in [3.63, 3.8) is 0 Å². The van der Waals surface area contributed by atoms with E-state index in [1.165, 1.54) is 12.1 Å². The first-order chi connectivity index (χ1) is 11.9. The van der Waals surface area contributed by atoms with E-state index in [1.807, 2.05) is 37.3 Å². The van der Waals surface area contributed by atoms with Crippen molar-refractivity contribution in [1.29, 1.82) is 0 Å². The summed E-state index contributed by atoms with van der Waals surface area (Å²) < 4.78 is 53.1. The molecule has 3 nitrogen and oxygen atoms in total. The predicted molar refractivity (Wildman–Crippen MR) is 87.7 cm³/mol. The van der Waals surface area contributed by atoms with Gasteiger partial charge in [-0.1, -0.05) is 30.3 Å². The number of rotatable bonds is 4. The zero-order chi connectivity index (χ0) is 18.0. The quantitative estimate of drug-likeness (QED) is 0.633. The van der Waals surface area contributed by atoms with Crippen molar-refractivity contribution in [1.82, 2.24) is 9.97 Å². The Morgan fingerprint density at radius 2 is 1.72 bits per heavy atom. The van der Waals surface area contributed by atoms with Crippen molar-refractivity contribution >= 4 is 16.7 Å². The van der Waals surface area contributed by atoms with Crippen molar-refractivity contribution in [2.75, 3.05) is 11.4 Å². The topological polar surface area (TPSA) is 29.0 Å². The molecule has 0 fully saturated rings. The fraction of sp³-hybridized carbons (Fsp3) is 0.222. The summed E-state index contributed by atoms with van der Waals surface area (Å²) in [7, 11) is 0. The standard InChI is InChI=1S/C18H15F4N3/c1-2-25(11-12-6-4-3-5-7-12)16-14-10-13(19)8-9-15(14)23-17(24-16)18(20,21)22/h3-10H,2,11H2,1H3. The Hall–Kier alpha value is -2.70. The molecule has 25 heavy (non-hydrogen) atoms. The zero-order valence-electron chi connectivity index (χ0n) is 13.4.